The lowest BCUT2D eigenvalue weighted by molar-refractivity contribution is -0.393. The Hall–Kier alpha value is -4.85. The predicted molar refractivity (Wildman–Crippen MR) is 133 cm³/mol. The Morgan fingerprint density at radius 2 is 1.86 bits per heavy atom. The highest BCUT2D eigenvalue weighted by Crippen LogP contribution is 2.30. The van der Waals surface area contributed by atoms with E-state index < -0.39 is 21.2 Å². The highest BCUT2D eigenvalue weighted by Gasteiger charge is 2.20. The Balaban J connectivity index is 1.67. The van der Waals surface area contributed by atoms with Gasteiger partial charge in [-0.05, 0) is 47.7 Å². The molecule has 0 saturated carbocycles. The summed E-state index contributed by atoms with van der Waals surface area (Å²) in [5.74, 6) is 0.139. The van der Waals surface area contributed by atoms with Crippen LogP contribution in [0.5, 0.6) is 5.75 Å². The molecule has 0 radical (unpaired) electrons. The first kappa shape index (κ1) is 24.3. The lowest BCUT2D eigenvalue weighted by Gasteiger charge is -2.11. The molecule has 0 atom stereocenters. The van der Waals surface area contributed by atoms with Gasteiger partial charge in [0.2, 0.25) is 5.16 Å². The normalized spacial score (nSPS) is 11.3. The van der Waals surface area contributed by atoms with E-state index in [1.54, 1.807) is 16.8 Å². The van der Waals surface area contributed by atoms with Crippen LogP contribution in [0, 0.1) is 27.2 Å². The van der Waals surface area contributed by atoms with Crippen molar-refractivity contribution in [2.75, 3.05) is 11.2 Å². The van der Waals surface area contributed by atoms with Crippen LogP contribution in [0.2, 0.25) is 0 Å². The van der Waals surface area contributed by atoms with Crippen molar-refractivity contribution in [1.29, 1.82) is 0 Å². The zero-order chi connectivity index (χ0) is 25.7. The summed E-state index contributed by atoms with van der Waals surface area (Å²) in [5.41, 5.74) is 4.00. The number of nitro groups is 2. The van der Waals surface area contributed by atoms with Gasteiger partial charge < -0.3 is 5.11 Å². The van der Waals surface area contributed by atoms with Crippen molar-refractivity contribution in [3.05, 3.63) is 98.1 Å². The Kier molecular flexibility index (Phi) is 7.15. The number of hydrogen-bond donors (Lipinski definition) is 2. The molecule has 13 nitrogen and oxygen atoms in total. The summed E-state index contributed by atoms with van der Waals surface area (Å²) in [6.45, 7) is 1.85. The Morgan fingerprint density at radius 1 is 1.08 bits per heavy atom. The van der Waals surface area contributed by atoms with Crippen LogP contribution in [-0.4, -0.2) is 46.6 Å². The second kappa shape index (κ2) is 10.6. The van der Waals surface area contributed by atoms with Crippen molar-refractivity contribution < 1.29 is 15.0 Å². The van der Waals surface area contributed by atoms with Gasteiger partial charge in [-0.3, -0.25) is 25.7 Å². The number of phenolic OH excluding ortho intramolecular Hbond substituents is 1. The second-order valence-electron chi connectivity index (χ2n) is 7.40. The van der Waals surface area contributed by atoms with E-state index in [9.17, 15) is 25.3 Å². The molecular formula is C22H18N8O5S. The first-order chi connectivity index (χ1) is 17.3. The molecule has 0 fully saturated rings. The molecular weight excluding hydrogens is 488 g/mol. The minimum absolute atomic E-state index is 0.0393. The summed E-state index contributed by atoms with van der Waals surface area (Å²) < 4.78 is 1.55. The van der Waals surface area contributed by atoms with Crippen LogP contribution in [-0.2, 0) is 0 Å². The van der Waals surface area contributed by atoms with Crippen LogP contribution in [0.4, 0.5) is 17.1 Å². The van der Waals surface area contributed by atoms with Gasteiger partial charge in [0.1, 0.15) is 11.4 Å². The number of nitrogens with zero attached hydrogens (tertiary/aromatic N) is 7. The van der Waals surface area contributed by atoms with Crippen molar-refractivity contribution >= 4 is 34.5 Å². The van der Waals surface area contributed by atoms with Crippen LogP contribution in [0.25, 0.3) is 5.69 Å². The number of non-ortho nitro benzene ring substituents is 1. The van der Waals surface area contributed by atoms with Crippen molar-refractivity contribution in [1.82, 2.24) is 20.2 Å². The fourth-order valence-electron chi connectivity index (χ4n) is 3.19. The summed E-state index contributed by atoms with van der Waals surface area (Å²) >= 11 is 1.24. The molecule has 0 aliphatic carbocycles. The number of phenols is 1. The third-order valence-corrected chi connectivity index (χ3v) is 5.87. The topological polar surface area (TPSA) is 174 Å². The number of aromatic hydroxyl groups is 1. The van der Waals surface area contributed by atoms with Crippen LogP contribution in [0.15, 0.2) is 77.0 Å². The minimum atomic E-state index is -0.739. The summed E-state index contributed by atoms with van der Waals surface area (Å²) in [6.07, 6.45) is 0. The maximum absolute atomic E-state index is 11.5. The predicted octanol–water partition coefficient (Wildman–Crippen LogP) is 4.10. The summed E-state index contributed by atoms with van der Waals surface area (Å²) in [6, 6.07) is 17.4. The molecule has 182 valence electrons. The number of rotatable bonds is 9. The number of aromatic nitrogens is 4. The van der Waals surface area contributed by atoms with Crippen LogP contribution < -0.4 is 5.43 Å². The Labute approximate surface area is 207 Å². The fraction of sp³-hybridized carbons (Fsp3) is 0.0909. The molecule has 2 N–H and O–H groups in total. The van der Waals surface area contributed by atoms with Crippen LogP contribution >= 0.6 is 11.8 Å². The van der Waals surface area contributed by atoms with Crippen molar-refractivity contribution in [3.8, 4) is 11.4 Å². The van der Waals surface area contributed by atoms with E-state index in [1.807, 2.05) is 37.3 Å². The second-order valence-corrected chi connectivity index (χ2v) is 8.35. The molecule has 36 heavy (non-hydrogen) atoms. The van der Waals surface area contributed by atoms with E-state index in [0.29, 0.717) is 16.4 Å². The van der Waals surface area contributed by atoms with E-state index in [1.165, 1.54) is 23.9 Å². The van der Waals surface area contributed by atoms with Gasteiger partial charge in [-0.15, -0.1) is 5.10 Å². The number of benzene rings is 3. The maximum Gasteiger partial charge on any atom is 0.301 e. The molecule has 0 aliphatic heterocycles. The van der Waals surface area contributed by atoms with E-state index in [4.69, 9.17) is 0 Å². The fourth-order valence-corrected chi connectivity index (χ4v) is 4.04. The smallest absolute Gasteiger partial charge is 0.301 e. The van der Waals surface area contributed by atoms with Gasteiger partial charge in [-0.25, -0.2) is 0 Å². The molecule has 0 unspecified atom stereocenters. The number of para-hydroxylation sites is 1. The SMILES string of the molecule is Cc1ccc(O)c(/C(CSc2nnnn2-c2ccccc2)=N/Nc2ccc([N+](=O)[O-])cc2[N+](=O)[O-])c1. The van der Waals surface area contributed by atoms with E-state index in [0.717, 1.165) is 23.4 Å². The van der Waals surface area contributed by atoms with Gasteiger partial charge in [-0.1, -0.05) is 41.6 Å². The molecule has 1 heterocycles. The summed E-state index contributed by atoms with van der Waals surface area (Å²) in [5, 5.41) is 49.6. The molecule has 4 rings (SSSR count). The molecule has 3 aromatic carbocycles. The minimum Gasteiger partial charge on any atom is -0.507 e. The monoisotopic (exact) mass is 506 g/mol. The lowest BCUT2D eigenvalue weighted by atomic mass is 10.1. The number of thioether (sulfide) groups is 1. The van der Waals surface area contributed by atoms with E-state index in [-0.39, 0.29) is 17.2 Å². The maximum atomic E-state index is 11.5. The molecule has 0 spiro atoms. The number of aryl methyl sites for hydroxylation is 1. The zero-order valence-electron chi connectivity index (χ0n) is 18.7. The molecule has 0 saturated heterocycles. The van der Waals surface area contributed by atoms with Gasteiger partial charge in [0.05, 0.1) is 27.3 Å². The summed E-state index contributed by atoms with van der Waals surface area (Å²) in [4.78, 5) is 21.1. The van der Waals surface area contributed by atoms with Crippen molar-refractivity contribution in [3.63, 3.8) is 0 Å². The highest BCUT2D eigenvalue weighted by atomic mass is 32.2. The number of nitro benzene ring substituents is 2. The molecule has 0 aliphatic rings. The number of anilines is 1. The lowest BCUT2D eigenvalue weighted by Crippen LogP contribution is -2.10. The van der Waals surface area contributed by atoms with E-state index in [2.05, 4.69) is 26.1 Å². The molecule has 0 bridgehead atoms. The van der Waals surface area contributed by atoms with Crippen molar-refractivity contribution in [2.45, 2.75) is 12.1 Å². The average Bonchev–Trinajstić information content (AvgIpc) is 3.35. The molecule has 14 heteroatoms. The van der Waals surface area contributed by atoms with Crippen molar-refractivity contribution in [2.24, 2.45) is 5.10 Å². The number of hydrazone groups is 1. The van der Waals surface area contributed by atoms with Crippen LogP contribution in [0.3, 0.4) is 0 Å². The molecule has 4 aromatic rings. The zero-order valence-corrected chi connectivity index (χ0v) is 19.5. The highest BCUT2D eigenvalue weighted by molar-refractivity contribution is 7.99. The third kappa shape index (κ3) is 5.44. The quantitative estimate of drug-likeness (QED) is 0.145. The first-order valence-corrected chi connectivity index (χ1v) is 11.3. The largest absolute Gasteiger partial charge is 0.507 e. The van der Waals surface area contributed by atoms with Gasteiger partial charge in [0.15, 0.2) is 0 Å². The third-order valence-electron chi connectivity index (χ3n) is 4.94. The Bertz CT molecular complexity index is 1460. The standard InChI is InChI=1S/C22H18N8O5S/c1-14-7-10-21(31)17(11-14)19(13-36-22-25-26-27-28(22)15-5-3-2-4-6-15)24-23-18-9-8-16(29(32)33)12-20(18)30(34)35/h2-12,23,31H,13H2,1H3/b24-19+. The number of nitrogens with one attached hydrogen (secondary N) is 1. The van der Waals surface area contributed by atoms with Crippen LogP contribution in [0.1, 0.15) is 11.1 Å². The summed E-state index contributed by atoms with van der Waals surface area (Å²) in [7, 11) is 0. The van der Waals surface area contributed by atoms with Gasteiger partial charge in [-0.2, -0.15) is 9.78 Å². The van der Waals surface area contributed by atoms with E-state index >= 15 is 0 Å². The number of tetrazole rings is 1. The first-order valence-electron chi connectivity index (χ1n) is 10.4. The number of hydrogen-bond acceptors (Lipinski definition) is 11. The molecule has 1 aromatic heterocycles. The van der Waals surface area contributed by atoms with Gasteiger partial charge >= 0.3 is 5.69 Å². The average molecular weight is 507 g/mol. The van der Waals surface area contributed by atoms with Gasteiger partial charge in [0, 0.05) is 17.4 Å². The molecule has 0 amide bonds. The Morgan fingerprint density at radius 3 is 2.58 bits per heavy atom. The van der Waals surface area contributed by atoms with Gasteiger partial charge in [0.25, 0.3) is 5.69 Å².